The first-order valence-corrected chi connectivity index (χ1v) is 7.41. The number of aromatic nitrogens is 4. The van der Waals surface area contributed by atoms with Crippen LogP contribution in [0.25, 0.3) is 0 Å². The number of anilines is 2. The molecule has 6 heteroatoms. The van der Waals surface area contributed by atoms with Crippen molar-refractivity contribution in [2.75, 3.05) is 23.8 Å². The summed E-state index contributed by atoms with van der Waals surface area (Å²) in [7, 11) is 1.91. The van der Waals surface area contributed by atoms with E-state index in [1.165, 1.54) is 0 Å². The number of rotatable bonds is 3. The minimum Gasteiger partial charge on any atom is -0.373 e. The van der Waals surface area contributed by atoms with E-state index in [0.29, 0.717) is 5.92 Å². The van der Waals surface area contributed by atoms with Gasteiger partial charge >= 0.3 is 0 Å². The summed E-state index contributed by atoms with van der Waals surface area (Å²) < 4.78 is 2.20. The van der Waals surface area contributed by atoms with Crippen molar-refractivity contribution in [3.63, 3.8) is 0 Å². The molecule has 1 N–H and O–H groups in total. The number of fused-ring (bicyclic) bond motifs is 1. The molecular formula is C15H22N6. The molecule has 0 saturated carbocycles. The smallest absolute Gasteiger partial charge is 0.137 e. The maximum absolute atomic E-state index is 4.80. The van der Waals surface area contributed by atoms with E-state index < -0.39 is 0 Å². The number of imidazole rings is 1. The fourth-order valence-electron chi connectivity index (χ4n) is 2.69. The second-order valence-corrected chi connectivity index (χ2v) is 5.74. The molecule has 0 atom stereocenters. The van der Waals surface area contributed by atoms with Crippen molar-refractivity contribution in [2.45, 2.75) is 39.8 Å². The average Bonchev–Trinajstić information content (AvgIpc) is 2.94. The molecule has 0 bridgehead atoms. The van der Waals surface area contributed by atoms with Crippen LogP contribution in [0.5, 0.6) is 0 Å². The molecule has 3 rings (SSSR count). The van der Waals surface area contributed by atoms with E-state index >= 15 is 0 Å². The summed E-state index contributed by atoms with van der Waals surface area (Å²) >= 11 is 0. The van der Waals surface area contributed by atoms with Gasteiger partial charge in [0.15, 0.2) is 0 Å². The lowest BCUT2D eigenvalue weighted by molar-refractivity contribution is 0.553. The highest BCUT2D eigenvalue weighted by molar-refractivity contribution is 5.58. The highest BCUT2D eigenvalue weighted by Gasteiger charge is 2.22. The lowest BCUT2D eigenvalue weighted by atomic mass is 10.2. The summed E-state index contributed by atoms with van der Waals surface area (Å²) in [6.07, 6.45) is 3.91. The molecule has 1 aliphatic rings. The fourth-order valence-corrected chi connectivity index (χ4v) is 2.69. The minimum absolute atomic E-state index is 0.309. The van der Waals surface area contributed by atoms with E-state index in [-0.39, 0.29) is 0 Å². The van der Waals surface area contributed by atoms with Crippen LogP contribution in [0.15, 0.2) is 12.4 Å². The Hall–Kier alpha value is -2.11. The van der Waals surface area contributed by atoms with Crippen LogP contribution in [-0.4, -0.2) is 33.1 Å². The van der Waals surface area contributed by atoms with Gasteiger partial charge in [-0.2, -0.15) is 0 Å². The fraction of sp³-hybridized carbons (Fsp3) is 0.533. The van der Waals surface area contributed by atoms with Crippen LogP contribution < -0.4 is 10.2 Å². The van der Waals surface area contributed by atoms with Crippen LogP contribution in [0, 0.1) is 6.92 Å². The summed E-state index contributed by atoms with van der Waals surface area (Å²) in [6, 6.07) is 0. The first-order chi connectivity index (χ1) is 10.1. The lowest BCUT2D eigenvalue weighted by Gasteiger charge is -2.30. The Morgan fingerprint density at radius 1 is 1.24 bits per heavy atom. The van der Waals surface area contributed by atoms with Crippen molar-refractivity contribution in [1.82, 2.24) is 19.5 Å². The molecule has 3 heterocycles. The summed E-state index contributed by atoms with van der Waals surface area (Å²) in [5.41, 5.74) is 1.10. The van der Waals surface area contributed by atoms with E-state index in [1.54, 1.807) is 0 Å². The SMILES string of the molecule is CNc1nc(C(C)C)nc(N2CCn3ccnc3C2)c1C. The van der Waals surface area contributed by atoms with E-state index in [9.17, 15) is 0 Å². The zero-order valence-electron chi connectivity index (χ0n) is 13.1. The monoisotopic (exact) mass is 286 g/mol. The van der Waals surface area contributed by atoms with Gasteiger partial charge in [-0.25, -0.2) is 15.0 Å². The molecule has 0 aromatic carbocycles. The van der Waals surface area contributed by atoms with Gasteiger partial charge in [-0.1, -0.05) is 13.8 Å². The summed E-state index contributed by atoms with van der Waals surface area (Å²) in [6.45, 7) is 9.01. The summed E-state index contributed by atoms with van der Waals surface area (Å²) in [4.78, 5) is 16.1. The molecule has 6 nitrogen and oxygen atoms in total. The molecule has 2 aromatic heterocycles. The quantitative estimate of drug-likeness (QED) is 0.937. The van der Waals surface area contributed by atoms with Gasteiger partial charge in [0.25, 0.3) is 0 Å². The van der Waals surface area contributed by atoms with Crippen LogP contribution in [0.2, 0.25) is 0 Å². The first kappa shape index (κ1) is 13.9. The van der Waals surface area contributed by atoms with Gasteiger partial charge in [-0.3, -0.25) is 0 Å². The summed E-state index contributed by atoms with van der Waals surface area (Å²) in [5, 5.41) is 3.19. The van der Waals surface area contributed by atoms with Crippen LogP contribution in [-0.2, 0) is 13.1 Å². The van der Waals surface area contributed by atoms with Gasteiger partial charge in [0.2, 0.25) is 0 Å². The highest BCUT2D eigenvalue weighted by Crippen LogP contribution is 2.28. The Labute approximate surface area is 125 Å². The molecule has 0 amide bonds. The number of hydrogen-bond donors (Lipinski definition) is 1. The molecule has 2 aromatic rings. The average molecular weight is 286 g/mol. The minimum atomic E-state index is 0.309. The van der Waals surface area contributed by atoms with Crippen LogP contribution in [0.1, 0.15) is 37.0 Å². The third-order valence-electron chi connectivity index (χ3n) is 3.93. The molecule has 0 unspecified atom stereocenters. The van der Waals surface area contributed by atoms with Gasteiger partial charge in [-0.15, -0.1) is 0 Å². The molecule has 0 aliphatic carbocycles. The maximum atomic E-state index is 4.80. The van der Waals surface area contributed by atoms with Crippen molar-refractivity contribution in [1.29, 1.82) is 0 Å². The van der Waals surface area contributed by atoms with Crippen molar-refractivity contribution >= 4 is 11.6 Å². The predicted molar refractivity (Wildman–Crippen MR) is 83.7 cm³/mol. The Balaban J connectivity index is 2.00. The van der Waals surface area contributed by atoms with E-state index in [0.717, 1.165) is 48.5 Å². The Bertz CT molecular complexity index is 646. The molecule has 1 aliphatic heterocycles. The number of hydrogen-bond acceptors (Lipinski definition) is 5. The van der Waals surface area contributed by atoms with Gasteiger partial charge in [-0.05, 0) is 6.92 Å². The Morgan fingerprint density at radius 2 is 2.05 bits per heavy atom. The van der Waals surface area contributed by atoms with Crippen molar-refractivity contribution in [2.24, 2.45) is 0 Å². The Morgan fingerprint density at radius 3 is 2.76 bits per heavy atom. The summed E-state index contributed by atoms with van der Waals surface area (Å²) in [5.74, 6) is 4.22. The highest BCUT2D eigenvalue weighted by atomic mass is 15.3. The largest absolute Gasteiger partial charge is 0.373 e. The van der Waals surface area contributed by atoms with Gasteiger partial charge in [0, 0.05) is 44.0 Å². The molecule has 112 valence electrons. The van der Waals surface area contributed by atoms with Gasteiger partial charge in [0.05, 0.1) is 6.54 Å². The zero-order valence-corrected chi connectivity index (χ0v) is 13.1. The normalized spacial score (nSPS) is 14.4. The predicted octanol–water partition coefficient (Wildman–Crippen LogP) is 2.17. The van der Waals surface area contributed by atoms with Gasteiger partial charge in [0.1, 0.15) is 23.3 Å². The van der Waals surface area contributed by atoms with Crippen molar-refractivity contribution in [3.8, 4) is 0 Å². The Kier molecular flexibility index (Phi) is 3.53. The maximum Gasteiger partial charge on any atom is 0.137 e. The molecule has 0 saturated heterocycles. The molecule has 0 spiro atoms. The third kappa shape index (κ3) is 2.46. The van der Waals surface area contributed by atoms with E-state index in [4.69, 9.17) is 4.98 Å². The molecule has 21 heavy (non-hydrogen) atoms. The number of nitrogens with one attached hydrogen (secondary N) is 1. The topological polar surface area (TPSA) is 58.9 Å². The second-order valence-electron chi connectivity index (χ2n) is 5.74. The van der Waals surface area contributed by atoms with Crippen LogP contribution in [0.4, 0.5) is 11.6 Å². The number of nitrogens with zero attached hydrogens (tertiary/aromatic N) is 5. The molecule has 0 fully saturated rings. The lowest BCUT2D eigenvalue weighted by Crippen LogP contribution is -2.35. The second kappa shape index (κ2) is 5.35. The molecular weight excluding hydrogens is 264 g/mol. The molecule has 0 radical (unpaired) electrons. The van der Waals surface area contributed by atoms with Crippen molar-refractivity contribution < 1.29 is 0 Å². The van der Waals surface area contributed by atoms with Crippen molar-refractivity contribution in [3.05, 3.63) is 29.6 Å². The van der Waals surface area contributed by atoms with Gasteiger partial charge < -0.3 is 14.8 Å². The van der Waals surface area contributed by atoms with E-state index in [2.05, 4.69) is 45.5 Å². The third-order valence-corrected chi connectivity index (χ3v) is 3.93. The first-order valence-electron chi connectivity index (χ1n) is 7.41. The zero-order chi connectivity index (χ0) is 15.0. The standard InChI is InChI=1S/C15H22N6/c1-10(2)13-18-14(16-4)11(3)15(19-13)21-8-7-20-6-5-17-12(20)9-21/h5-6,10H,7-9H2,1-4H3,(H,16,18,19). The van der Waals surface area contributed by atoms with E-state index in [1.807, 2.05) is 19.4 Å². The van der Waals surface area contributed by atoms with Crippen LogP contribution in [0.3, 0.4) is 0 Å². The van der Waals surface area contributed by atoms with Crippen LogP contribution >= 0.6 is 0 Å².